The lowest BCUT2D eigenvalue weighted by Crippen LogP contribution is -2.07. The predicted molar refractivity (Wildman–Crippen MR) is 115 cm³/mol. The first-order valence-corrected chi connectivity index (χ1v) is 10.4. The van der Waals surface area contributed by atoms with Crippen LogP contribution in [0, 0.1) is 6.92 Å². The molecule has 1 N–H and O–H groups in total. The first-order chi connectivity index (χ1) is 14.6. The Kier molecular flexibility index (Phi) is 4.70. The van der Waals surface area contributed by atoms with Gasteiger partial charge >= 0.3 is 5.97 Å². The molecule has 2 atom stereocenters. The molecule has 4 heteroatoms. The molecular formula is C26H24O4. The molecule has 0 spiro atoms. The Balaban J connectivity index is 1.40. The van der Waals surface area contributed by atoms with E-state index in [0.29, 0.717) is 6.61 Å². The minimum atomic E-state index is -0.802. The Morgan fingerprint density at radius 1 is 1.07 bits per heavy atom. The van der Waals surface area contributed by atoms with Gasteiger partial charge < -0.3 is 14.6 Å². The lowest BCUT2D eigenvalue weighted by atomic mass is 9.94. The molecule has 0 saturated heterocycles. The Bertz CT molecular complexity index is 1120. The van der Waals surface area contributed by atoms with E-state index in [2.05, 4.69) is 49.4 Å². The minimum Gasteiger partial charge on any atom is -0.492 e. The summed E-state index contributed by atoms with van der Waals surface area (Å²) in [7, 11) is 0. The van der Waals surface area contributed by atoms with Gasteiger partial charge in [-0.1, -0.05) is 48.5 Å². The van der Waals surface area contributed by atoms with Crippen molar-refractivity contribution in [1.29, 1.82) is 0 Å². The van der Waals surface area contributed by atoms with Gasteiger partial charge in [0.15, 0.2) is 0 Å². The van der Waals surface area contributed by atoms with E-state index in [1.165, 1.54) is 27.8 Å². The number of carbonyl (C=O) groups is 1. The summed E-state index contributed by atoms with van der Waals surface area (Å²) in [6, 6.07) is 20.8. The number of rotatable bonds is 5. The number of aryl methyl sites for hydroxylation is 1. The van der Waals surface area contributed by atoms with Crippen LogP contribution in [0.1, 0.15) is 47.1 Å². The van der Waals surface area contributed by atoms with Crippen molar-refractivity contribution in [3.05, 3.63) is 82.9 Å². The third-order valence-electron chi connectivity index (χ3n) is 6.22. The SMILES string of the molecule is Cc1ccccc1-c1cccc2c1CCC2Oc1ccc2c(c1)OCC2CC(=O)O. The van der Waals surface area contributed by atoms with Gasteiger partial charge in [0.1, 0.15) is 17.6 Å². The molecule has 0 amide bonds. The molecule has 0 saturated carbocycles. The molecule has 3 aromatic carbocycles. The molecule has 3 aromatic rings. The molecule has 0 fully saturated rings. The van der Waals surface area contributed by atoms with Crippen molar-refractivity contribution in [1.82, 2.24) is 0 Å². The average molecular weight is 400 g/mol. The molecule has 2 unspecified atom stereocenters. The van der Waals surface area contributed by atoms with Crippen LogP contribution in [-0.2, 0) is 11.2 Å². The molecular weight excluding hydrogens is 376 g/mol. The Hall–Kier alpha value is -3.27. The fraction of sp³-hybridized carbons (Fsp3) is 0.269. The number of carboxylic acid groups (broad SMARTS) is 1. The molecule has 30 heavy (non-hydrogen) atoms. The van der Waals surface area contributed by atoms with Gasteiger partial charge in [-0.3, -0.25) is 4.79 Å². The second kappa shape index (κ2) is 7.52. The van der Waals surface area contributed by atoms with Crippen molar-refractivity contribution in [3.8, 4) is 22.6 Å². The van der Waals surface area contributed by atoms with Crippen molar-refractivity contribution in [2.24, 2.45) is 0 Å². The van der Waals surface area contributed by atoms with E-state index in [-0.39, 0.29) is 18.4 Å². The zero-order valence-electron chi connectivity index (χ0n) is 16.9. The second-order valence-electron chi connectivity index (χ2n) is 8.14. The van der Waals surface area contributed by atoms with Crippen LogP contribution in [0.3, 0.4) is 0 Å². The number of hydrogen-bond donors (Lipinski definition) is 1. The molecule has 4 nitrogen and oxygen atoms in total. The van der Waals surface area contributed by atoms with Gasteiger partial charge in [0.05, 0.1) is 13.0 Å². The average Bonchev–Trinajstić information content (AvgIpc) is 3.32. The number of aliphatic carboxylic acids is 1. The van der Waals surface area contributed by atoms with Crippen LogP contribution in [0.25, 0.3) is 11.1 Å². The Morgan fingerprint density at radius 2 is 1.90 bits per heavy atom. The summed E-state index contributed by atoms with van der Waals surface area (Å²) < 4.78 is 12.1. The van der Waals surface area contributed by atoms with E-state index in [4.69, 9.17) is 14.6 Å². The van der Waals surface area contributed by atoms with Crippen molar-refractivity contribution in [3.63, 3.8) is 0 Å². The molecule has 0 aromatic heterocycles. The highest BCUT2D eigenvalue weighted by Crippen LogP contribution is 2.43. The second-order valence-corrected chi connectivity index (χ2v) is 8.14. The van der Waals surface area contributed by atoms with E-state index in [1.54, 1.807) is 0 Å². The minimum absolute atomic E-state index is 0.0123. The smallest absolute Gasteiger partial charge is 0.304 e. The van der Waals surface area contributed by atoms with E-state index < -0.39 is 5.97 Å². The maximum absolute atomic E-state index is 11.0. The lowest BCUT2D eigenvalue weighted by molar-refractivity contribution is -0.137. The van der Waals surface area contributed by atoms with E-state index in [1.807, 2.05) is 18.2 Å². The number of ether oxygens (including phenoxy) is 2. The summed E-state index contributed by atoms with van der Waals surface area (Å²) in [6.45, 7) is 2.57. The zero-order chi connectivity index (χ0) is 20.7. The van der Waals surface area contributed by atoms with Crippen molar-refractivity contribution < 1.29 is 19.4 Å². The van der Waals surface area contributed by atoms with Crippen LogP contribution in [0.2, 0.25) is 0 Å². The molecule has 2 aliphatic rings. The van der Waals surface area contributed by atoms with Crippen LogP contribution in [0.5, 0.6) is 11.5 Å². The fourth-order valence-corrected chi connectivity index (χ4v) is 4.74. The maximum atomic E-state index is 11.0. The third kappa shape index (κ3) is 3.32. The van der Waals surface area contributed by atoms with Crippen molar-refractivity contribution >= 4 is 5.97 Å². The van der Waals surface area contributed by atoms with Gasteiger partial charge in [-0.2, -0.15) is 0 Å². The maximum Gasteiger partial charge on any atom is 0.304 e. The largest absolute Gasteiger partial charge is 0.492 e. The summed E-state index contributed by atoms with van der Waals surface area (Å²) >= 11 is 0. The molecule has 1 aliphatic carbocycles. The zero-order valence-corrected chi connectivity index (χ0v) is 16.9. The summed E-state index contributed by atoms with van der Waals surface area (Å²) in [5, 5.41) is 9.08. The summed E-state index contributed by atoms with van der Waals surface area (Å²) in [5.74, 6) is 0.619. The van der Waals surface area contributed by atoms with Gasteiger partial charge in [-0.15, -0.1) is 0 Å². The number of fused-ring (bicyclic) bond motifs is 2. The number of benzene rings is 3. The van der Waals surface area contributed by atoms with Gasteiger partial charge in [0, 0.05) is 17.5 Å². The summed E-state index contributed by atoms with van der Waals surface area (Å²) in [5.41, 5.74) is 7.44. The lowest BCUT2D eigenvalue weighted by Gasteiger charge is -2.17. The van der Waals surface area contributed by atoms with Gasteiger partial charge in [0.25, 0.3) is 0 Å². The third-order valence-corrected chi connectivity index (χ3v) is 6.22. The Morgan fingerprint density at radius 3 is 2.73 bits per heavy atom. The standard InChI is InChI=1S/C26H24O4/c1-16-5-2-3-6-19(16)21-7-4-8-23-22(21)11-12-24(23)30-18-9-10-20-17(13-26(27)28)15-29-25(20)14-18/h2-10,14,17,24H,11-13,15H2,1H3,(H,27,28). The number of carboxylic acids is 1. The van der Waals surface area contributed by atoms with Crippen LogP contribution in [0.4, 0.5) is 0 Å². The van der Waals surface area contributed by atoms with E-state index in [0.717, 1.165) is 29.9 Å². The van der Waals surface area contributed by atoms with Crippen LogP contribution >= 0.6 is 0 Å². The topological polar surface area (TPSA) is 55.8 Å². The highest BCUT2D eigenvalue weighted by molar-refractivity contribution is 5.72. The van der Waals surface area contributed by atoms with Gasteiger partial charge in [-0.05, 0) is 53.6 Å². The molecule has 1 heterocycles. The van der Waals surface area contributed by atoms with Gasteiger partial charge in [-0.25, -0.2) is 0 Å². The van der Waals surface area contributed by atoms with Crippen LogP contribution < -0.4 is 9.47 Å². The molecule has 0 bridgehead atoms. The highest BCUT2D eigenvalue weighted by atomic mass is 16.5. The Labute approximate surface area is 176 Å². The molecule has 1 aliphatic heterocycles. The van der Waals surface area contributed by atoms with Crippen molar-refractivity contribution in [2.45, 2.75) is 38.2 Å². The quantitative estimate of drug-likeness (QED) is 0.599. The van der Waals surface area contributed by atoms with E-state index in [9.17, 15) is 4.79 Å². The predicted octanol–water partition coefficient (Wildman–Crippen LogP) is 5.68. The summed E-state index contributed by atoms with van der Waals surface area (Å²) in [6.07, 6.45) is 2.04. The monoisotopic (exact) mass is 400 g/mol. The first kappa shape index (κ1) is 18.7. The summed E-state index contributed by atoms with van der Waals surface area (Å²) in [4.78, 5) is 11.0. The van der Waals surface area contributed by atoms with Crippen LogP contribution in [0.15, 0.2) is 60.7 Å². The van der Waals surface area contributed by atoms with Crippen LogP contribution in [-0.4, -0.2) is 17.7 Å². The molecule has 5 rings (SSSR count). The fourth-order valence-electron chi connectivity index (χ4n) is 4.74. The first-order valence-electron chi connectivity index (χ1n) is 10.4. The van der Waals surface area contributed by atoms with E-state index >= 15 is 0 Å². The number of hydrogen-bond acceptors (Lipinski definition) is 3. The highest BCUT2D eigenvalue weighted by Gasteiger charge is 2.29. The normalized spacial score (nSPS) is 19.1. The molecule has 152 valence electrons. The van der Waals surface area contributed by atoms with Gasteiger partial charge in [0.2, 0.25) is 0 Å². The van der Waals surface area contributed by atoms with Crippen molar-refractivity contribution in [2.75, 3.05) is 6.61 Å². The molecule has 0 radical (unpaired) electrons.